The Balaban J connectivity index is 1.94. The van der Waals surface area contributed by atoms with Crippen LogP contribution in [0.4, 0.5) is 0 Å². The van der Waals surface area contributed by atoms with Gasteiger partial charge >= 0.3 is 0 Å². The lowest BCUT2D eigenvalue weighted by atomic mass is 10.1. The standard InChI is InChI=1S/C14H10N2S2/c1-2-12-10(5-8-17-12)16-11(1)13-14-9(3-6-15-13)4-7-18-14/h1-3,5-6,8H,4,7H2. The highest BCUT2D eigenvalue weighted by atomic mass is 32.2. The third kappa shape index (κ3) is 1.56. The first-order chi connectivity index (χ1) is 8.92. The Kier molecular flexibility index (Phi) is 2.38. The fourth-order valence-electron chi connectivity index (χ4n) is 2.28. The summed E-state index contributed by atoms with van der Waals surface area (Å²) in [5, 5.41) is 2.08. The summed E-state index contributed by atoms with van der Waals surface area (Å²) in [5.74, 6) is 1.16. The molecule has 0 amide bonds. The normalized spacial score (nSPS) is 14.0. The third-order valence-electron chi connectivity index (χ3n) is 3.15. The van der Waals surface area contributed by atoms with Gasteiger partial charge in [-0.2, -0.15) is 0 Å². The molecule has 0 spiro atoms. The second-order valence-corrected chi connectivity index (χ2v) is 6.30. The largest absolute Gasteiger partial charge is 0.253 e. The number of hydrogen-bond acceptors (Lipinski definition) is 4. The first-order valence-electron chi connectivity index (χ1n) is 5.87. The highest BCUT2D eigenvalue weighted by Crippen LogP contribution is 2.37. The lowest BCUT2D eigenvalue weighted by Crippen LogP contribution is -1.91. The molecule has 0 aliphatic carbocycles. The maximum atomic E-state index is 4.72. The molecule has 1 aliphatic heterocycles. The molecule has 4 heterocycles. The van der Waals surface area contributed by atoms with Crippen LogP contribution in [0.3, 0.4) is 0 Å². The van der Waals surface area contributed by atoms with E-state index in [1.807, 2.05) is 18.0 Å². The smallest absolute Gasteiger partial charge is 0.102 e. The summed E-state index contributed by atoms with van der Waals surface area (Å²) in [4.78, 5) is 10.6. The van der Waals surface area contributed by atoms with Gasteiger partial charge in [0.2, 0.25) is 0 Å². The fourth-order valence-corrected chi connectivity index (χ4v) is 4.18. The first-order valence-corrected chi connectivity index (χ1v) is 7.74. The Morgan fingerprint density at radius 3 is 3.11 bits per heavy atom. The number of thiophene rings is 1. The molecule has 0 saturated carbocycles. The molecular weight excluding hydrogens is 260 g/mol. The van der Waals surface area contributed by atoms with Crippen molar-refractivity contribution in [2.24, 2.45) is 0 Å². The summed E-state index contributed by atoms with van der Waals surface area (Å²) in [6, 6.07) is 8.42. The van der Waals surface area contributed by atoms with E-state index in [1.165, 1.54) is 15.2 Å². The van der Waals surface area contributed by atoms with E-state index in [1.54, 1.807) is 11.3 Å². The van der Waals surface area contributed by atoms with Gasteiger partial charge in [-0.15, -0.1) is 23.1 Å². The molecule has 0 unspecified atom stereocenters. The number of rotatable bonds is 1. The summed E-state index contributed by atoms with van der Waals surface area (Å²) in [6.45, 7) is 0. The fraction of sp³-hybridized carbons (Fsp3) is 0.143. The van der Waals surface area contributed by atoms with Gasteiger partial charge in [-0.1, -0.05) is 0 Å². The van der Waals surface area contributed by atoms with Crippen LogP contribution in [-0.2, 0) is 6.42 Å². The van der Waals surface area contributed by atoms with Crippen molar-refractivity contribution in [3.63, 3.8) is 0 Å². The second kappa shape index (κ2) is 4.07. The van der Waals surface area contributed by atoms with E-state index in [0.717, 1.165) is 29.1 Å². The van der Waals surface area contributed by atoms with Crippen LogP contribution in [0.25, 0.3) is 21.6 Å². The van der Waals surface area contributed by atoms with Crippen molar-refractivity contribution in [1.82, 2.24) is 9.97 Å². The second-order valence-electron chi connectivity index (χ2n) is 4.25. The Labute approximate surface area is 113 Å². The topological polar surface area (TPSA) is 25.8 Å². The van der Waals surface area contributed by atoms with E-state index in [0.29, 0.717) is 0 Å². The average molecular weight is 270 g/mol. The zero-order valence-electron chi connectivity index (χ0n) is 9.59. The Bertz CT molecular complexity index is 733. The highest BCUT2D eigenvalue weighted by molar-refractivity contribution is 7.99. The van der Waals surface area contributed by atoms with Crippen molar-refractivity contribution in [3.8, 4) is 11.4 Å². The van der Waals surface area contributed by atoms with Crippen LogP contribution in [0, 0.1) is 0 Å². The molecule has 2 nitrogen and oxygen atoms in total. The summed E-state index contributed by atoms with van der Waals surface area (Å²) >= 11 is 3.63. The Morgan fingerprint density at radius 1 is 1.11 bits per heavy atom. The van der Waals surface area contributed by atoms with E-state index < -0.39 is 0 Å². The molecule has 0 aromatic carbocycles. The van der Waals surface area contributed by atoms with E-state index in [2.05, 4.69) is 34.6 Å². The SMILES string of the molecule is c1cc2c(c(-c3ccc4sccc4n3)n1)SCC2. The minimum atomic E-state index is 0.993. The number of nitrogens with zero attached hydrogens (tertiary/aromatic N) is 2. The van der Waals surface area contributed by atoms with Crippen LogP contribution < -0.4 is 0 Å². The van der Waals surface area contributed by atoms with E-state index >= 15 is 0 Å². The maximum Gasteiger partial charge on any atom is 0.102 e. The molecule has 0 N–H and O–H groups in total. The van der Waals surface area contributed by atoms with Gasteiger partial charge in [0.25, 0.3) is 0 Å². The minimum absolute atomic E-state index is 0.993. The van der Waals surface area contributed by atoms with Crippen molar-refractivity contribution in [2.75, 3.05) is 5.75 Å². The highest BCUT2D eigenvalue weighted by Gasteiger charge is 2.18. The molecule has 1 aliphatic rings. The zero-order chi connectivity index (χ0) is 11.9. The zero-order valence-corrected chi connectivity index (χ0v) is 11.2. The van der Waals surface area contributed by atoms with Crippen LogP contribution in [0.2, 0.25) is 0 Å². The number of hydrogen-bond donors (Lipinski definition) is 0. The molecule has 4 rings (SSSR count). The molecule has 4 heteroatoms. The molecule has 0 bridgehead atoms. The number of aromatic nitrogens is 2. The number of aryl methyl sites for hydroxylation is 1. The molecule has 3 aromatic rings. The number of thioether (sulfide) groups is 1. The quantitative estimate of drug-likeness (QED) is 0.668. The van der Waals surface area contributed by atoms with Gasteiger partial charge in [-0.05, 0) is 41.6 Å². The molecule has 88 valence electrons. The van der Waals surface area contributed by atoms with Gasteiger partial charge in [0.1, 0.15) is 5.69 Å². The van der Waals surface area contributed by atoms with Crippen LogP contribution in [0.5, 0.6) is 0 Å². The monoisotopic (exact) mass is 270 g/mol. The van der Waals surface area contributed by atoms with Gasteiger partial charge in [-0.25, -0.2) is 4.98 Å². The Morgan fingerprint density at radius 2 is 2.11 bits per heavy atom. The predicted octanol–water partition coefficient (Wildman–Crippen LogP) is 4.01. The van der Waals surface area contributed by atoms with Crippen molar-refractivity contribution < 1.29 is 0 Å². The van der Waals surface area contributed by atoms with Crippen LogP contribution >= 0.6 is 23.1 Å². The van der Waals surface area contributed by atoms with Gasteiger partial charge < -0.3 is 0 Å². The van der Waals surface area contributed by atoms with Crippen molar-refractivity contribution in [2.45, 2.75) is 11.3 Å². The minimum Gasteiger partial charge on any atom is -0.253 e. The number of fused-ring (bicyclic) bond motifs is 2. The molecule has 0 fully saturated rings. The van der Waals surface area contributed by atoms with Crippen LogP contribution in [0.1, 0.15) is 5.56 Å². The van der Waals surface area contributed by atoms with E-state index in [-0.39, 0.29) is 0 Å². The van der Waals surface area contributed by atoms with E-state index in [9.17, 15) is 0 Å². The van der Waals surface area contributed by atoms with Gasteiger partial charge in [0.05, 0.1) is 15.9 Å². The summed E-state index contributed by atoms with van der Waals surface area (Å²) in [7, 11) is 0. The van der Waals surface area contributed by atoms with Crippen molar-refractivity contribution in [3.05, 3.63) is 41.4 Å². The lowest BCUT2D eigenvalue weighted by Gasteiger charge is -2.05. The Hall–Kier alpha value is -1.39. The van der Waals surface area contributed by atoms with Crippen molar-refractivity contribution in [1.29, 1.82) is 0 Å². The average Bonchev–Trinajstić information content (AvgIpc) is 3.05. The van der Waals surface area contributed by atoms with Gasteiger partial charge in [-0.3, -0.25) is 4.98 Å². The molecule has 18 heavy (non-hydrogen) atoms. The predicted molar refractivity (Wildman–Crippen MR) is 77.3 cm³/mol. The molecular formula is C14H10N2S2. The van der Waals surface area contributed by atoms with Gasteiger partial charge in [0.15, 0.2) is 0 Å². The number of pyridine rings is 2. The summed E-state index contributed by atoms with van der Waals surface area (Å²) in [6.07, 6.45) is 3.05. The molecule has 0 saturated heterocycles. The lowest BCUT2D eigenvalue weighted by molar-refractivity contribution is 1.10. The maximum absolute atomic E-state index is 4.72. The van der Waals surface area contributed by atoms with Crippen LogP contribution in [-0.4, -0.2) is 15.7 Å². The summed E-state index contributed by atoms with van der Waals surface area (Å²) in [5.41, 5.74) is 4.52. The molecule has 0 atom stereocenters. The van der Waals surface area contributed by atoms with Crippen LogP contribution in [0.15, 0.2) is 40.7 Å². The van der Waals surface area contributed by atoms with Crippen molar-refractivity contribution >= 4 is 33.3 Å². The first kappa shape index (κ1) is 10.5. The van der Waals surface area contributed by atoms with Gasteiger partial charge in [0, 0.05) is 16.8 Å². The molecule has 3 aromatic heterocycles. The van der Waals surface area contributed by atoms with E-state index in [4.69, 9.17) is 4.98 Å². The molecule has 0 radical (unpaired) electrons. The summed E-state index contributed by atoms with van der Waals surface area (Å²) < 4.78 is 1.24. The third-order valence-corrected chi connectivity index (χ3v) is 5.18.